The van der Waals surface area contributed by atoms with E-state index >= 15 is 0 Å². The predicted molar refractivity (Wildman–Crippen MR) is 99.0 cm³/mol. The number of ether oxygens (including phenoxy) is 1. The summed E-state index contributed by atoms with van der Waals surface area (Å²) in [6, 6.07) is 10.3. The number of nitrogens with zero attached hydrogens (tertiary/aromatic N) is 2. The van der Waals surface area contributed by atoms with E-state index in [2.05, 4.69) is 17.1 Å². The van der Waals surface area contributed by atoms with Crippen molar-refractivity contribution in [2.24, 2.45) is 5.41 Å². The van der Waals surface area contributed by atoms with Crippen molar-refractivity contribution in [2.45, 2.75) is 38.6 Å². The van der Waals surface area contributed by atoms with Crippen LogP contribution in [0.25, 0.3) is 0 Å². The van der Waals surface area contributed by atoms with Gasteiger partial charge in [-0.15, -0.1) is 0 Å². The van der Waals surface area contributed by atoms with Gasteiger partial charge in [0, 0.05) is 32.6 Å². The lowest BCUT2D eigenvalue weighted by Gasteiger charge is -2.39. The largest absolute Gasteiger partial charge is 0.445 e. The summed E-state index contributed by atoms with van der Waals surface area (Å²) >= 11 is 0. The number of aromatic nitrogens is 1. The minimum absolute atomic E-state index is 0.0211. The lowest BCUT2D eigenvalue weighted by molar-refractivity contribution is -0.152. The predicted octanol–water partition coefficient (Wildman–Crippen LogP) is 2.13. The van der Waals surface area contributed by atoms with Crippen LogP contribution in [0.1, 0.15) is 35.7 Å². The number of oxazole rings is 1. The van der Waals surface area contributed by atoms with Gasteiger partial charge in [0.15, 0.2) is 5.89 Å². The Morgan fingerprint density at radius 3 is 2.70 bits per heavy atom. The van der Waals surface area contributed by atoms with E-state index in [-0.39, 0.29) is 12.5 Å². The fraction of sp³-hybridized carbons (Fsp3) is 0.524. The van der Waals surface area contributed by atoms with Gasteiger partial charge in [0.25, 0.3) is 0 Å². The second kappa shape index (κ2) is 7.82. The number of hydrogen-bond donors (Lipinski definition) is 1. The highest BCUT2D eigenvalue weighted by atomic mass is 16.5. The molecule has 6 nitrogen and oxygen atoms in total. The van der Waals surface area contributed by atoms with Crippen molar-refractivity contribution in [1.29, 1.82) is 0 Å². The molecule has 0 radical (unpaired) electrons. The van der Waals surface area contributed by atoms with Crippen LogP contribution >= 0.6 is 0 Å². The number of hydrogen-bond acceptors (Lipinski definition) is 5. The van der Waals surface area contributed by atoms with E-state index in [0.29, 0.717) is 45.6 Å². The van der Waals surface area contributed by atoms with Gasteiger partial charge >= 0.3 is 0 Å². The van der Waals surface area contributed by atoms with Gasteiger partial charge in [0.05, 0.1) is 18.6 Å². The van der Waals surface area contributed by atoms with E-state index in [1.807, 2.05) is 23.1 Å². The minimum Gasteiger partial charge on any atom is -0.445 e. The summed E-state index contributed by atoms with van der Waals surface area (Å²) in [6.45, 7) is 2.00. The molecule has 1 amide bonds. The third-order valence-corrected chi connectivity index (χ3v) is 5.74. The molecule has 0 spiro atoms. The summed E-state index contributed by atoms with van der Waals surface area (Å²) in [5.41, 5.74) is 1.42. The Morgan fingerprint density at radius 2 is 1.96 bits per heavy atom. The molecule has 0 unspecified atom stereocenters. The van der Waals surface area contributed by atoms with Gasteiger partial charge in [-0.3, -0.25) is 4.79 Å². The molecule has 1 saturated heterocycles. The highest BCUT2D eigenvalue weighted by molar-refractivity contribution is 5.83. The third kappa shape index (κ3) is 3.77. The number of rotatable bonds is 5. The van der Waals surface area contributed by atoms with Gasteiger partial charge in [-0.05, 0) is 24.8 Å². The second-order valence-corrected chi connectivity index (χ2v) is 7.49. The first-order chi connectivity index (χ1) is 13.2. The van der Waals surface area contributed by atoms with E-state index in [1.165, 1.54) is 5.56 Å². The van der Waals surface area contributed by atoms with Crippen molar-refractivity contribution < 1.29 is 19.1 Å². The molecule has 0 aliphatic carbocycles. The quantitative estimate of drug-likeness (QED) is 0.873. The summed E-state index contributed by atoms with van der Waals surface area (Å²) < 4.78 is 11.3. The third-order valence-electron chi connectivity index (χ3n) is 5.74. The van der Waals surface area contributed by atoms with E-state index in [0.717, 1.165) is 30.2 Å². The minimum atomic E-state index is -0.699. The smallest absolute Gasteiger partial charge is 0.231 e. The molecule has 6 heteroatoms. The van der Waals surface area contributed by atoms with Gasteiger partial charge in [0.2, 0.25) is 5.91 Å². The van der Waals surface area contributed by atoms with Gasteiger partial charge in [-0.2, -0.15) is 0 Å². The number of aliphatic hydroxyl groups excluding tert-OH is 1. The molecule has 2 aliphatic heterocycles. The normalized spacial score (nSPS) is 18.9. The van der Waals surface area contributed by atoms with E-state index in [9.17, 15) is 9.90 Å². The Labute approximate surface area is 159 Å². The summed E-state index contributed by atoms with van der Waals surface area (Å²) in [4.78, 5) is 19.6. The average Bonchev–Trinajstić information content (AvgIpc) is 3.15. The zero-order valence-corrected chi connectivity index (χ0v) is 15.5. The average molecular weight is 370 g/mol. The van der Waals surface area contributed by atoms with Crippen molar-refractivity contribution in [3.05, 3.63) is 53.2 Å². The van der Waals surface area contributed by atoms with Crippen molar-refractivity contribution >= 4 is 5.91 Å². The van der Waals surface area contributed by atoms with Crippen LogP contribution < -0.4 is 0 Å². The van der Waals surface area contributed by atoms with Crippen LogP contribution in [0.15, 0.2) is 34.7 Å². The fourth-order valence-electron chi connectivity index (χ4n) is 3.97. The number of carbonyl (C=O) groups excluding carboxylic acids is 1. The molecular formula is C21H26N2O4. The number of amides is 1. The zero-order chi connectivity index (χ0) is 18.7. The Balaban J connectivity index is 1.42. The van der Waals surface area contributed by atoms with Gasteiger partial charge in [-0.25, -0.2) is 4.98 Å². The van der Waals surface area contributed by atoms with Gasteiger partial charge in [-0.1, -0.05) is 30.3 Å². The summed E-state index contributed by atoms with van der Waals surface area (Å²) in [7, 11) is 0. The van der Waals surface area contributed by atoms with Gasteiger partial charge in [0.1, 0.15) is 11.5 Å². The SMILES string of the molecule is O=C(N1CCc2oc(CCc3ccccc3)nc2C1)C1(CO)CCOCC1. The molecule has 0 bridgehead atoms. The number of carbonyl (C=O) groups is 1. The van der Waals surface area contributed by atoms with Crippen molar-refractivity contribution in [3.8, 4) is 0 Å². The first-order valence-corrected chi connectivity index (χ1v) is 9.69. The lowest BCUT2D eigenvalue weighted by atomic mass is 9.79. The molecule has 1 fully saturated rings. The topological polar surface area (TPSA) is 75.8 Å². The molecule has 3 heterocycles. The van der Waals surface area contributed by atoms with Crippen LogP contribution in [0.3, 0.4) is 0 Å². The summed E-state index contributed by atoms with van der Waals surface area (Å²) in [5.74, 6) is 1.65. The number of aliphatic hydroxyl groups is 1. The van der Waals surface area contributed by atoms with Crippen molar-refractivity contribution in [1.82, 2.24) is 9.88 Å². The van der Waals surface area contributed by atoms with Crippen LogP contribution in [0.2, 0.25) is 0 Å². The molecule has 2 aliphatic rings. The maximum absolute atomic E-state index is 13.1. The fourth-order valence-corrected chi connectivity index (χ4v) is 3.97. The van der Waals surface area contributed by atoms with Crippen LogP contribution in [0.5, 0.6) is 0 Å². The van der Waals surface area contributed by atoms with Crippen LogP contribution in [0, 0.1) is 5.41 Å². The molecular weight excluding hydrogens is 344 g/mol. The Hall–Kier alpha value is -2.18. The van der Waals surface area contributed by atoms with Crippen molar-refractivity contribution in [2.75, 3.05) is 26.4 Å². The summed E-state index contributed by atoms with van der Waals surface area (Å²) in [5, 5.41) is 9.88. The molecule has 0 atom stereocenters. The highest BCUT2D eigenvalue weighted by Gasteiger charge is 2.43. The molecule has 2 aromatic rings. The number of fused-ring (bicyclic) bond motifs is 1. The maximum atomic E-state index is 13.1. The van der Waals surface area contributed by atoms with Gasteiger partial charge < -0.3 is 19.2 Å². The highest BCUT2D eigenvalue weighted by Crippen LogP contribution is 2.34. The van der Waals surface area contributed by atoms with Crippen molar-refractivity contribution in [3.63, 3.8) is 0 Å². The van der Waals surface area contributed by atoms with E-state index < -0.39 is 5.41 Å². The molecule has 4 rings (SSSR count). The van der Waals surface area contributed by atoms with E-state index in [1.54, 1.807) is 0 Å². The number of benzene rings is 1. The Bertz CT molecular complexity index is 781. The number of aryl methyl sites for hydroxylation is 2. The standard InChI is InChI=1S/C21H26N2O4/c24-15-21(9-12-26-13-10-21)20(25)23-11-8-18-17(14-23)22-19(27-18)7-6-16-4-2-1-3-5-16/h1-5,24H,6-15H2. The Kier molecular flexibility index (Phi) is 5.27. The molecule has 144 valence electrons. The maximum Gasteiger partial charge on any atom is 0.231 e. The first kappa shape index (κ1) is 18.2. The molecule has 1 aromatic heterocycles. The zero-order valence-electron chi connectivity index (χ0n) is 15.5. The monoisotopic (exact) mass is 370 g/mol. The molecule has 1 N–H and O–H groups in total. The van der Waals surface area contributed by atoms with E-state index in [4.69, 9.17) is 9.15 Å². The Morgan fingerprint density at radius 1 is 1.19 bits per heavy atom. The second-order valence-electron chi connectivity index (χ2n) is 7.49. The molecule has 27 heavy (non-hydrogen) atoms. The first-order valence-electron chi connectivity index (χ1n) is 9.69. The van der Waals surface area contributed by atoms with Crippen LogP contribution in [0.4, 0.5) is 0 Å². The summed E-state index contributed by atoms with van der Waals surface area (Å²) in [6.07, 6.45) is 3.47. The molecule has 0 saturated carbocycles. The van der Waals surface area contributed by atoms with Crippen LogP contribution in [-0.2, 0) is 35.3 Å². The molecule has 1 aromatic carbocycles. The lowest BCUT2D eigenvalue weighted by Crippen LogP contribution is -2.50. The van der Waals surface area contributed by atoms with Crippen LogP contribution in [-0.4, -0.2) is 47.3 Å².